The quantitative estimate of drug-likeness (QED) is 0.723. The van der Waals surface area contributed by atoms with Gasteiger partial charge in [0.25, 0.3) is 0 Å². The third-order valence-electron chi connectivity index (χ3n) is 2.84. The molecule has 0 atom stereocenters. The van der Waals surface area contributed by atoms with Gasteiger partial charge >= 0.3 is 0 Å². The van der Waals surface area contributed by atoms with Gasteiger partial charge in [0, 0.05) is 24.7 Å². The van der Waals surface area contributed by atoms with E-state index in [4.69, 9.17) is 5.73 Å². The van der Waals surface area contributed by atoms with Crippen molar-refractivity contribution in [1.29, 1.82) is 0 Å². The molecule has 0 spiro atoms. The summed E-state index contributed by atoms with van der Waals surface area (Å²) in [6.45, 7) is 0.612. The van der Waals surface area contributed by atoms with E-state index in [9.17, 15) is 0 Å². The zero-order valence-electron chi connectivity index (χ0n) is 10.00. The van der Waals surface area contributed by atoms with E-state index >= 15 is 0 Å². The average Bonchev–Trinajstić information content (AvgIpc) is 2.71. The Morgan fingerprint density at radius 3 is 2.94 bits per heavy atom. The molecule has 1 aromatic carbocycles. The lowest BCUT2D eigenvalue weighted by Crippen LogP contribution is -2.03. The van der Waals surface area contributed by atoms with Crippen molar-refractivity contribution < 1.29 is 0 Å². The van der Waals surface area contributed by atoms with Gasteiger partial charge in [0.2, 0.25) is 5.16 Å². The topological polar surface area (TPSA) is 69.6 Å². The maximum Gasteiger partial charge on any atom is 0.211 e. The third kappa shape index (κ3) is 1.74. The Labute approximate surface area is 108 Å². The summed E-state index contributed by atoms with van der Waals surface area (Å²) in [5.74, 6) is 0.803. The molecule has 0 saturated carbocycles. The normalized spacial score (nSPS) is 11.4. The minimum atomic E-state index is 0.612. The van der Waals surface area contributed by atoms with Crippen LogP contribution in [-0.4, -0.2) is 32.0 Å². The van der Waals surface area contributed by atoms with Gasteiger partial charge in [0.05, 0.1) is 5.52 Å². The Hall–Kier alpha value is -1.66. The highest BCUT2D eigenvalue weighted by atomic mass is 32.2. The lowest BCUT2D eigenvalue weighted by molar-refractivity contribution is 0.854. The van der Waals surface area contributed by atoms with Crippen LogP contribution in [0.2, 0.25) is 0 Å². The summed E-state index contributed by atoms with van der Waals surface area (Å²) >= 11 is 1.53. The van der Waals surface area contributed by atoms with Gasteiger partial charge in [-0.05, 0) is 6.07 Å². The molecule has 2 N–H and O–H groups in total. The highest BCUT2D eigenvalue weighted by Crippen LogP contribution is 2.25. The summed E-state index contributed by atoms with van der Waals surface area (Å²) in [5.41, 5.74) is 8.32. The van der Waals surface area contributed by atoms with Gasteiger partial charge in [0.15, 0.2) is 5.65 Å². The summed E-state index contributed by atoms with van der Waals surface area (Å²) < 4.78 is 2.05. The van der Waals surface area contributed by atoms with Crippen molar-refractivity contribution in [3.63, 3.8) is 0 Å². The second-order valence-electron chi connectivity index (χ2n) is 3.98. The van der Waals surface area contributed by atoms with Gasteiger partial charge in [-0.15, -0.1) is 10.2 Å². The molecule has 2 heterocycles. The van der Waals surface area contributed by atoms with E-state index < -0.39 is 0 Å². The zero-order valence-corrected chi connectivity index (χ0v) is 10.8. The third-order valence-corrected chi connectivity index (χ3v) is 3.71. The van der Waals surface area contributed by atoms with Crippen molar-refractivity contribution in [2.75, 3.05) is 12.3 Å². The highest BCUT2D eigenvalue weighted by Gasteiger charge is 2.11. The number of hydrogen-bond acceptors (Lipinski definition) is 5. The Kier molecular flexibility index (Phi) is 2.89. The van der Waals surface area contributed by atoms with Crippen molar-refractivity contribution in [3.8, 4) is 0 Å². The Balaban J connectivity index is 2.22. The molecule has 0 saturated heterocycles. The molecular formula is C12H13N5S. The predicted molar refractivity (Wildman–Crippen MR) is 73.6 cm³/mol. The van der Waals surface area contributed by atoms with Gasteiger partial charge in [-0.2, -0.15) is 0 Å². The van der Waals surface area contributed by atoms with Gasteiger partial charge < -0.3 is 10.3 Å². The van der Waals surface area contributed by atoms with Crippen LogP contribution in [0.4, 0.5) is 0 Å². The predicted octanol–water partition coefficient (Wildman–Crippen LogP) is 1.57. The Bertz CT molecular complexity index is 706. The largest absolute Gasteiger partial charge is 0.330 e. The first-order chi connectivity index (χ1) is 8.81. The SMILES string of the molecule is Cn1c2ccccc2c2nnc(SCCN)nc21. The average molecular weight is 259 g/mol. The van der Waals surface area contributed by atoms with E-state index in [2.05, 4.69) is 21.2 Å². The summed E-state index contributed by atoms with van der Waals surface area (Å²) in [6.07, 6.45) is 0. The van der Waals surface area contributed by atoms with E-state index in [1.54, 1.807) is 0 Å². The molecule has 0 bridgehead atoms. The fourth-order valence-electron chi connectivity index (χ4n) is 2.00. The number of hydrogen-bond donors (Lipinski definition) is 1. The molecule has 0 aliphatic rings. The van der Waals surface area contributed by atoms with Gasteiger partial charge in [-0.3, -0.25) is 0 Å². The Morgan fingerprint density at radius 2 is 2.11 bits per heavy atom. The smallest absolute Gasteiger partial charge is 0.211 e. The molecule has 3 rings (SSSR count). The molecule has 0 unspecified atom stereocenters. The van der Waals surface area contributed by atoms with Gasteiger partial charge in [-0.1, -0.05) is 30.0 Å². The van der Waals surface area contributed by atoms with Crippen LogP contribution in [0.15, 0.2) is 29.4 Å². The van der Waals surface area contributed by atoms with Crippen LogP contribution in [0.25, 0.3) is 22.1 Å². The zero-order chi connectivity index (χ0) is 12.5. The first kappa shape index (κ1) is 11.4. The van der Waals surface area contributed by atoms with Crippen LogP contribution in [0.5, 0.6) is 0 Å². The molecule has 92 valence electrons. The maximum absolute atomic E-state index is 5.48. The Morgan fingerprint density at radius 1 is 1.28 bits per heavy atom. The van der Waals surface area contributed by atoms with E-state index in [1.807, 2.05) is 29.8 Å². The molecule has 0 aliphatic carbocycles. The van der Waals surface area contributed by atoms with E-state index in [0.29, 0.717) is 11.7 Å². The van der Waals surface area contributed by atoms with Crippen LogP contribution < -0.4 is 5.73 Å². The number of thioether (sulfide) groups is 1. The second-order valence-corrected chi connectivity index (χ2v) is 5.04. The number of nitrogens with two attached hydrogens (primary N) is 1. The van der Waals surface area contributed by atoms with Crippen molar-refractivity contribution >= 4 is 33.8 Å². The number of nitrogens with zero attached hydrogens (tertiary/aromatic N) is 4. The minimum absolute atomic E-state index is 0.612. The van der Waals surface area contributed by atoms with E-state index in [0.717, 1.165) is 27.8 Å². The summed E-state index contributed by atoms with van der Waals surface area (Å²) in [5, 5.41) is 10.2. The molecule has 6 heteroatoms. The number of aromatic nitrogens is 4. The summed E-state index contributed by atoms with van der Waals surface area (Å²) in [4.78, 5) is 4.55. The standard InChI is InChI=1S/C12H13N5S/c1-17-9-5-3-2-4-8(9)10-11(17)14-12(16-15-10)18-7-6-13/h2-5H,6-7,13H2,1H3. The van der Waals surface area contributed by atoms with E-state index in [-0.39, 0.29) is 0 Å². The first-order valence-electron chi connectivity index (χ1n) is 5.72. The number of para-hydroxylation sites is 1. The molecular weight excluding hydrogens is 246 g/mol. The van der Waals surface area contributed by atoms with E-state index in [1.165, 1.54) is 11.8 Å². The number of fused-ring (bicyclic) bond motifs is 3. The molecule has 5 nitrogen and oxygen atoms in total. The maximum atomic E-state index is 5.48. The molecule has 0 aliphatic heterocycles. The molecule has 18 heavy (non-hydrogen) atoms. The minimum Gasteiger partial charge on any atom is -0.330 e. The lowest BCUT2D eigenvalue weighted by atomic mass is 10.2. The van der Waals surface area contributed by atoms with Crippen molar-refractivity contribution in [2.45, 2.75) is 5.16 Å². The molecule has 0 fully saturated rings. The summed E-state index contributed by atoms with van der Waals surface area (Å²) in [7, 11) is 2.00. The van der Waals surface area contributed by atoms with Gasteiger partial charge in [-0.25, -0.2) is 4.98 Å². The van der Waals surface area contributed by atoms with Crippen LogP contribution >= 0.6 is 11.8 Å². The molecule has 2 aromatic heterocycles. The number of aryl methyl sites for hydroxylation is 1. The second kappa shape index (κ2) is 4.55. The molecule has 0 amide bonds. The fraction of sp³-hybridized carbons (Fsp3) is 0.250. The number of benzene rings is 1. The van der Waals surface area contributed by atoms with Crippen LogP contribution in [0.1, 0.15) is 0 Å². The van der Waals surface area contributed by atoms with Gasteiger partial charge in [0.1, 0.15) is 5.52 Å². The van der Waals surface area contributed by atoms with Crippen molar-refractivity contribution in [2.24, 2.45) is 12.8 Å². The first-order valence-corrected chi connectivity index (χ1v) is 6.70. The highest BCUT2D eigenvalue weighted by molar-refractivity contribution is 7.99. The molecule has 3 aromatic rings. The van der Waals surface area contributed by atoms with Crippen LogP contribution in [0, 0.1) is 0 Å². The lowest BCUT2D eigenvalue weighted by Gasteiger charge is -1.98. The van der Waals surface area contributed by atoms with Crippen molar-refractivity contribution in [1.82, 2.24) is 19.7 Å². The fourth-order valence-corrected chi connectivity index (χ4v) is 2.55. The molecule has 0 radical (unpaired) electrons. The van der Waals surface area contributed by atoms with Crippen molar-refractivity contribution in [3.05, 3.63) is 24.3 Å². The van der Waals surface area contributed by atoms with Crippen LogP contribution in [-0.2, 0) is 7.05 Å². The monoisotopic (exact) mass is 259 g/mol. The summed E-state index contributed by atoms with van der Waals surface area (Å²) in [6, 6.07) is 8.12. The number of rotatable bonds is 3. The van der Waals surface area contributed by atoms with Crippen LogP contribution in [0.3, 0.4) is 0 Å².